The van der Waals surface area contributed by atoms with E-state index in [1.807, 2.05) is 36.0 Å². The minimum Gasteiger partial charge on any atom is -0.465 e. The molecular weight excluding hydrogens is 202 g/mol. The first-order chi connectivity index (χ1) is 7.78. The van der Waals surface area contributed by atoms with Crippen LogP contribution in [-0.4, -0.2) is 9.78 Å². The largest absolute Gasteiger partial charge is 0.465 e. The van der Waals surface area contributed by atoms with Gasteiger partial charge in [0.2, 0.25) is 0 Å². The number of nitrogens with zero attached hydrogens (tertiary/aromatic N) is 2. The van der Waals surface area contributed by atoms with E-state index in [4.69, 9.17) is 4.42 Å². The van der Waals surface area contributed by atoms with Crippen LogP contribution in [0.2, 0.25) is 0 Å². The van der Waals surface area contributed by atoms with Crippen LogP contribution in [0.3, 0.4) is 0 Å². The van der Waals surface area contributed by atoms with Gasteiger partial charge in [-0.15, -0.1) is 0 Å². The summed E-state index contributed by atoms with van der Waals surface area (Å²) in [6.45, 7) is 5.72. The van der Waals surface area contributed by atoms with Crippen LogP contribution in [0, 0.1) is 6.92 Å². The van der Waals surface area contributed by atoms with Gasteiger partial charge in [-0.1, -0.05) is 6.92 Å². The molecule has 0 radical (unpaired) electrons. The minimum atomic E-state index is 0.678. The third-order valence-electron chi connectivity index (χ3n) is 2.33. The molecule has 2 aromatic heterocycles. The second-order valence-corrected chi connectivity index (χ2v) is 3.83. The molecule has 0 saturated heterocycles. The van der Waals surface area contributed by atoms with Crippen molar-refractivity contribution in [2.75, 3.05) is 5.32 Å². The van der Waals surface area contributed by atoms with Crippen LogP contribution in [0.25, 0.3) is 0 Å². The average molecular weight is 219 g/mol. The van der Waals surface area contributed by atoms with Gasteiger partial charge in [0.05, 0.1) is 6.54 Å². The van der Waals surface area contributed by atoms with Crippen molar-refractivity contribution in [2.24, 2.45) is 0 Å². The third-order valence-corrected chi connectivity index (χ3v) is 2.33. The predicted molar refractivity (Wildman–Crippen MR) is 63.3 cm³/mol. The number of nitrogens with one attached hydrogen (secondary N) is 1. The van der Waals surface area contributed by atoms with Gasteiger partial charge < -0.3 is 9.73 Å². The van der Waals surface area contributed by atoms with E-state index in [1.54, 1.807) is 0 Å². The Morgan fingerprint density at radius 2 is 2.25 bits per heavy atom. The third kappa shape index (κ3) is 2.66. The van der Waals surface area contributed by atoms with E-state index in [0.717, 1.165) is 30.3 Å². The zero-order valence-corrected chi connectivity index (χ0v) is 9.73. The molecule has 4 nitrogen and oxygen atoms in total. The van der Waals surface area contributed by atoms with Gasteiger partial charge in [-0.2, -0.15) is 5.10 Å². The topological polar surface area (TPSA) is 43.0 Å². The van der Waals surface area contributed by atoms with Crippen LogP contribution in [0.15, 0.2) is 28.8 Å². The first kappa shape index (κ1) is 10.8. The molecule has 0 spiro atoms. The molecule has 0 fully saturated rings. The molecule has 0 aliphatic heterocycles. The molecule has 0 amide bonds. The van der Waals surface area contributed by atoms with Crippen LogP contribution in [0.5, 0.6) is 0 Å². The molecule has 0 bridgehead atoms. The zero-order chi connectivity index (χ0) is 11.4. The molecule has 0 atom stereocenters. The van der Waals surface area contributed by atoms with Gasteiger partial charge in [0.1, 0.15) is 17.3 Å². The quantitative estimate of drug-likeness (QED) is 0.840. The molecule has 1 N–H and O–H groups in total. The highest BCUT2D eigenvalue weighted by Crippen LogP contribution is 2.09. The first-order valence-corrected chi connectivity index (χ1v) is 5.60. The van der Waals surface area contributed by atoms with Crippen LogP contribution >= 0.6 is 0 Å². The summed E-state index contributed by atoms with van der Waals surface area (Å²) in [4.78, 5) is 0. The van der Waals surface area contributed by atoms with E-state index < -0.39 is 0 Å². The summed E-state index contributed by atoms with van der Waals surface area (Å²) in [5.74, 6) is 2.76. The lowest BCUT2D eigenvalue weighted by atomic mass is 10.4. The highest BCUT2D eigenvalue weighted by atomic mass is 16.3. The molecular formula is C12H17N3O. The fourth-order valence-corrected chi connectivity index (χ4v) is 1.57. The van der Waals surface area contributed by atoms with E-state index in [1.165, 1.54) is 0 Å². The van der Waals surface area contributed by atoms with Crippen molar-refractivity contribution < 1.29 is 4.42 Å². The van der Waals surface area contributed by atoms with Crippen LogP contribution in [-0.2, 0) is 13.1 Å². The highest BCUT2D eigenvalue weighted by molar-refractivity contribution is 5.32. The SMILES string of the molecule is CCCn1ccc(NCc2ccc(C)o2)n1. The maximum absolute atomic E-state index is 5.46. The summed E-state index contributed by atoms with van der Waals surface area (Å²) < 4.78 is 7.40. The fourth-order valence-electron chi connectivity index (χ4n) is 1.57. The van der Waals surface area contributed by atoms with Gasteiger partial charge in [-0.05, 0) is 25.5 Å². The first-order valence-electron chi connectivity index (χ1n) is 5.60. The van der Waals surface area contributed by atoms with Gasteiger partial charge in [0.25, 0.3) is 0 Å². The standard InChI is InChI=1S/C12H17N3O/c1-3-7-15-8-6-12(14-15)13-9-11-5-4-10(2)16-11/h4-6,8H,3,7,9H2,1-2H3,(H,13,14). The van der Waals surface area contributed by atoms with E-state index in [-0.39, 0.29) is 0 Å². The normalized spacial score (nSPS) is 10.6. The summed E-state index contributed by atoms with van der Waals surface area (Å²) >= 11 is 0. The van der Waals surface area contributed by atoms with Gasteiger partial charge in [-0.25, -0.2) is 0 Å². The van der Waals surface area contributed by atoms with Crippen LogP contribution in [0.4, 0.5) is 5.82 Å². The number of hydrogen-bond donors (Lipinski definition) is 1. The van der Waals surface area contributed by atoms with Crippen LogP contribution < -0.4 is 5.32 Å². The Labute approximate surface area is 95.3 Å². The lowest BCUT2D eigenvalue weighted by molar-refractivity contribution is 0.490. The van der Waals surface area contributed by atoms with E-state index in [9.17, 15) is 0 Å². The van der Waals surface area contributed by atoms with Gasteiger partial charge in [0.15, 0.2) is 0 Å². The molecule has 2 heterocycles. The lowest BCUT2D eigenvalue weighted by Crippen LogP contribution is -2.01. The summed E-state index contributed by atoms with van der Waals surface area (Å²) in [6.07, 6.45) is 3.08. The summed E-state index contributed by atoms with van der Waals surface area (Å²) in [6, 6.07) is 5.92. The Kier molecular flexibility index (Phi) is 3.29. The fraction of sp³-hybridized carbons (Fsp3) is 0.417. The number of aryl methyl sites for hydroxylation is 2. The van der Waals surface area contributed by atoms with Crippen molar-refractivity contribution in [3.8, 4) is 0 Å². The summed E-state index contributed by atoms with van der Waals surface area (Å²) in [5, 5.41) is 7.61. The summed E-state index contributed by atoms with van der Waals surface area (Å²) in [7, 11) is 0. The molecule has 2 aromatic rings. The van der Waals surface area contributed by atoms with E-state index in [2.05, 4.69) is 17.3 Å². The Morgan fingerprint density at radius 1 is 1.38 bits per heavy atom. The highest BCUT2D eigenvalue weighted by Gasteiger charge is 2.00. The molecule has 16 heavy (non-hydrogen) atoms. The van der Waals surface area contributed by atoms with Gasteiger partial charge in [-0.3, -0.25) is 4.68 Å². The van der Waals surface area contributed by atoms with Crippen molar-refractivity contribution in [2.45, 2.75) is 33.4 Å². The molecule has 0 aliphatic rings. The predicted octanol–water partition coefficient (Wildman–Crippen LogP) is 2.81. The monoisotopic (exact) mass is 219 g/mol. The maximum atomic E-state index is 5.46. The van der Waals surface area contributed by atoms with Crippen molar-refractivity contribution >= 4 is 5.82 Å². The average Bonchev–Trinajstić information content (AvgIpc) is 2.85. The summed E-state index contributed by atoms with van der Waals surface area (Å²) in [5.41, 5.74) is 0. The minimum absolute atomic E-state index is 0.678. The van der Waals surface area contributed by atoms with Gasteiger partial charge in [0, 0.05) is 18.8 Å². The van der Waals surface area contributed by atoms with Crippen LogP contribution in [0.1, 0.15) is 24.9 Å². The molecule has 4 heteroatoms. The molecule has 0 aromatic carbocycles. The zero-order valence-electron chi connectivity index (χ0n) is 9.73. The number of anilines is 1. The van der Waals surface area contributed by atoms with Crippen molar-refractivity contribution in [1.29, 1.82) is 0 Å². The van der Waals surface area contributed by atoms with Crippen molar-refractivity contribution in [3.63, 3.8) is 0 Å². The number of hydrogen-bond acceptors (Lipinski definition) is 3. The van der Waals surface area contributed by atoms with E-state index in [0.29, 0.717) is 6.54 Å². The number of rotatable bonds is 5. The molecule has 86 valence electrons. The Hall–Kier alpha value is -1.71. The molecule has 0 aliphatic carbocycles. The second kappa shape index (κ2) is 4.88. The molecule has 0 unspecified atom stereocenters. The number of aromatic nitrogens is 2. The number of furan rings is 1. The second-order valence-electron chi connectivity index (χ2n) is 3.83. The molecule has 2 rings (SSSR count). The Balaban J connectivity index is 1.89. The molecule has 0 saturated carbocycles. The smallest absolute Gasteiger partial charge is 0.148 e. The Bertz CT molecular complexity index is 445. The lowest BCUT2D eigenvalue weighted by Gasteiger charge is -2.00. The maximum Gasteiger partial charge on any atom is 0.148 e. The van der Waals surface area contributed by atoms with Gasteiger partial charge >= 0.3 is 0 Å². The Morgan fingerprint density at radius 3 is 2.94 bits per heavy atom. The van der Waals surface area contributed by atoms with E-state index >= 15 is 0 Å². The van der Waals surface area contributed by atoms with Crippen molar-refractivity contribution in [3.05, 3.63) is 35.9 Å². The van der Waals surface area contributed by atoms with Crippen molar-refractivity contribution in [1.82, 2.24) is 9.78 Å².